The van der Waals surface area contributed by atoms with Gasteiger partial charge in [-0.3, -0.25) is 0 Å². The van der Waals surface area contributed by atoms with Gasteiger partial charge in [0.1, 0.15) is 5.75 Å². The van der Waals surface area contributed by atoms with Gasteiger partial charge in [-0.2, -0.15) is 13.2 Å². The van der Waals surface area contributed by atoms with Crippen molar-refractivity contribution in [3.8, 4) is 16.9 Å². The summed E-state index contributed by atoms with van der Waals surface area (Å²) in [5.74, 6) is 0.124. The Morgan fingerprint density at radius 2 is 1.70 bits per heavy atom. The molecule has 0 heterocycles. The van der Waals surface area contributed by atoms with Crippen molar-refractivity contribution in [1.29, 1.82) is 0 Å². The smallest absolute Gasteiger partial charge is 0.417 e. The monoisotopic (exact) mass is 320 g/mol. The summed E-state index contributed by atoms with van der Waals surface area (Å²) in [4.78, 5) is 0. The Bertz CT molecular complexity index is 639. The van der Waals surface area contributed by atoms with Gasteiger partial charge in [0.2, 0.25) is 0 Å². The molecule has 0 aromatic heterocycles. The molecule has 0 aliphatic heterocycles. The van der Waals surface area contributed by atoms with Gasteiger partial charge in [-0.25, -0.2) is 0 Å². The number of hydrogen-bond acceptors (Lipinski definition) is 1. The largest absolute Gasteiger partial charge is 0.497 e. The van der Waals surface area contributed by atoms with Gasteiger partial charge in [0.05, 0.1) is 22.7 Å². The molecule has 0 aliphatic rings. The number of alkyl halides is 3. The first-order valence-electron chi connectivity index (χ1n) is 5.54. The van der Waals surface area contributed by atoms with Crippen LogP contribution in [0.5, 0.6) is 5.75 Å². The summed E-state index contributed by atoms with van der Waals surface area (Å²) in [6.07, 6.45) is -4.52. The molecule has 0 radical (unpaired) electrons. The van der Waals surface area contributed by atoms with Gasteiger partial charge in [-0.1, -0.05) is 41.4 Å². The molecule has 0 fully saturated rings. The van der Waals surface area contributed by atoms with Crippen LogP contribution in [0.1, 0.15) is 5.56 Å². The molecule has 0 atom stereocenters. The normalized spacial score (nSPS) is 11.5. The summed E-state index contributed by atoms with van der Waals surface area (Å²) in [7, 11) is 1.31. The Balaban J connectivity index is 2.71. The highest BCUT2D eigenvalue weighted by Crippen LogP contribution is 2.42. The van der Waals surface area contributed by atoms with Crippen LogP contribution in [0.3, 0.4) is 0 Å². The van der Waals surface area contributed by atoms with E-state index < -0.39 is 11.7 Å². The Kier molecular flexibility index (Phi) is 4.16. The SMILES string of the molecule is COc1ccc(-c2cccc(Cl)c2Cl)c(C(F)(F)F)c1. The van der Waals surface area contributed by atoms with E-state index in [-0.39, 0.29) is 26.9 Å². The van der Waals surface area contributed by atoms with Crippen LogP contribution in [-0.4, -0.2) is 7.11 Å². The van der Waals surface area contributed by atoms with Gasteiger partial charge >= 0.3 is 6.18 Å². The molecular formula is C14H9Cl2F3O. The summed E-state index contributed by atoms with van der Waals surface area (Å²) in [5.41, 5.74) is -0.624. The summed E-state index contributed by atoms with van der Waals surface area (Å²) < 4.78 is 44.3. The molecule has 2 rings (SSSR count). The predicted octanol–water partition coefficient (Wildman–Crippen LogP) is 5.69. The Morgan fingerprint density at radius 1 is 1.00 bits per heavy atom. The fourth-order valence-corrected chi connectivity index (χ4v) is 2.23. The zero-order valence-corrected chi connectivity index (χ0v) is 11.8. The predicted molar refractivity (Wildman–Crippen MR) is 73.5 cm³/mol. The van der Waals surface area contributed by atoms with Crippen molar-refractivity contribution < 1.29 is 17.9 Å². The van der Waals surface area contributed by atoms with E-state index in [4.69, 9.17) is 27.9 Å². The van der Waals surface area contributed by atoms with Crippen molar-refractivity contribution in [2.75, 3.05) is 7.11 Å². The third-order valence-electron chi connectivity index (χ3n) is 2.77. The lowest BCUT2D eigenvalue weighted by molar-refractivity contribution is -0.137. The van der Waals surface area contributed by atoms with Gasteiger partial charge in [0.15, 0.2) is 0 Å². The second-order valence-corrected chi connectivity index (χ2v) is 4.80. The van der Waals surface area contributed by atoms with Crippen molar-refractivity contribution in [1.82, 2.24) is 0 Å². The highest BCUT2D eigenvalue weighted by molar-refractivity contribution is 6.43. The number of methoxy groups -OCH3 is 1. The molecule has 2 aromatic carbocycles. The van der Waals surface area contributed by atoms with Gasteiger partial charge in [-0.15, -0.1) is 0 Å². The minimum Gasteiger partial charge on any atom is -0.497 e. The maximum absolute atomic E-state index is 13.2. The maximum atomic E-state index is 13.2. The topological polar surface area (TPSA) is 9.23 Å². The standard InChI is InChI=1S/C14H9Cl2F3O/c1-20-8-5-6-9(11(7-8)14(17,18)19)10-3-2-4-12(15)13(10)16/h2-7H,1H3. The first-order chi connectivity index (χ1) is 9.34. The molecule has 0 spiro atoms. The lowest BCUT2D eigenvalue weighted by Crippen LogP contribution is -2.07. The number of rotatable bonds is 2. The van der Waals surface area contributed by atoms with E-state index >= 15 is 0 Å². The van der Waals surface area contributed by atoms with Crippen LogP contribution in [0.25, 0.3) is 11.1 Å². The van der Waals surface area contributed by atoms with E-state index in [1.165, 1.54) is 31.4 Å². The first kappa shape index (κ1) is 15.0. The minimum absolute atomic E-state index is 0.0363. The van der Waals surface area contributed by atoms with E-state index in [2.05, 4.69) is 0 Å². The second-order valence-electron chi connectivity index (χ2n) is 4.01. The lowest BCUT2D eigenvalue weighted by Gasteiger charge is -2.15. The van der Waals surface area contributed by atoms with Crippen LogP contribution in [0.2, 0.25) is 10.0 Å². The third kappa shape index (κ3) is 2.86. The molecule has 20 heavy (non-hydrogen) atoms. The van der Waals surface area contributed by atoms with E-state index in [1.807, 2.05) is 0 Å². The van der Waals surface area contributed by atoms with Crippen molar-refractivity contribution in [2.45, 2.75) is 6.18 Å². The van der Waals surface area contributed by atoms with Crippen LogP contribution in [-0.2, 0) is 6.18 Å². The molecule has 0 saturated carbocycles. The van der Waals surface area contributed by atoms with Crippen LogP contribution >= 0.6 is 23.2 Å². The zero-order valence-electron chi connectivity index (χ0n) is 10.3. The average Bonchev–Trinajstić information content (AvgIpc) is 2.40. The lowest BCUT2D eigenvalue weighted by atomic mass is 9.99. The van der Waals surface area contributed by atoms with Crippen LogP contribution in [0, 0.1) is 0 Å². The van der Waals surface area contributed by atoms with Crippen LogP contribution < -0.4 is 4.74 Å². The molecule has 2 aromatic rings. The molecule has 0 aliphatic carbocycles. The highest BCUT2D eigenvalue weighted by atomic mass is 35.5. The minimum atomic E-state index is -4.52. The summed E-state index contributed by atoms with van der Waals surface area (Å²) in [6, 6.07) is 8.26. The molecule has 106 valence electrons. The Hall–Kier alpha value is -1.39. The molecule has 0 N–H and O–H groups in total. The van der Waals surface area contributed by atoms with Crippen molar-refractivity contribution in [3.05, 3.63) is 52.0 Å². The average molecular weight is 321 g/mol. The first-order valence-corrected chi connectivity index (χ1v) is 6.30. The maximum Gasteiger partial charge on any atom is 0.417 e. The fraction of sp³-hybridized carbons (Fsp3) is 0.143. The van der Waals surface area contributed by atoms with Crippen molar-refractivity contribution >= 4 is 23.2 Å². The van der Waals surface area contributed by atoms with Gasteiger partial charge < -0.3 is 4.74 Å². The molecule has 0 unspecified atom stereocenters. The van der Waals surface area contributed by atoms with Gasteiger partial charge in [0, 0.05) is 5.56 Å². The van der Waals surface area contributed by atoms with Gasteiger partial charge in [-0.05, 0) is 23.8 Å². The summed E-state index contributed by atoms with van der Waals surface area (Å²) >= 11 is 11.8. The molecule has 0 bridgehead atoms. The highest BCUT2D eigenvalue weighted by Gasteiger charge is 2.34. The molecule has 0 saturated heterocycles. The van der Waals surface area contributed by atoms with Gasteiger partial charge in [0.25, 0.3) is 0 Å². The molecular weight excluding hydrogens is 312 g/mol. The Labute approximate surface area is 123 Å². The second kappa shape index (κ2) is 5.54. The number of benzene rings is 2. The Morgan fingerprint density at radius 3 is 2.30 bits per heavy atom. The number of ether oxygens (including phenoxy) is 1. The molecule has 6 heteroatoms. The zero-order chi connectivity index (χ0) is 14.9. The van der Waals surface area contributed by atoms with Crippen molar-refractivity contribution in [3.63, 3.8) is 0 Å². The van der Waals surface area contributed by atoms with Crippen molar-refractivity contribution in [2.24, 2.45) is 0 Å². The molecule has 1 nitrogen and oxygen atoms in total. The van der Waals surface area contributed by atoms with E-state index in [0.717, 1.165) is 6.07 Å². The van der Waals surface area contributed by atoms with Crippen LogP contribution in [0.15, 0.2) is 36.4 Å². The fourth-order valence-electron chi connectivity index (χ4n) is 1.83. The van der Waals surface area contributed by atoms with E-state index in [9.17, 15) is 13.2 Å². The quantitative estimate of drug-likeness (QED) is 0.690. The number of hydrogen-bond donors (Lipinski definition) is 0. The number of halogens is 5. The van der Waals surface area contributed by atoms with Crippen LogP contribution in [0.4, 0.5) is 13.2 Å². The van der Waals surface area contributed by atoms with E-state index in [1.54, 1.807) is 6.07 Å². The summed E-state index contributed by atoms with van der Waals surface area (Å²) in [6.45, 7) is 0. The summed E-state index contributed by atoms with van der Waals surface area (Å²) in [5, 5.41) is 0.290. The molecule has 0 amide bonds. The van der Waals surface area contributed by atoms with E-state index in [0.29, 0.717) is 0 Å². The third-order valence-corrected chi connectivity index (χ3v) is 3.59.